The Labute approximate surface area is 121 Å². The molecule has 0 aliphatic heterocycles. The second-order valence-corrected chi connectivity index (χ2v) is 5.93. The molecule has 19 heavy (non-hydrogen) atoms. The van der Waals surface area contributed by atoms with Crippen LogP contribution in [0.25, 0.3) is 0 Å². The molecule has 0 atom stereocenters. The van der Waals surface area contributed by atoms with Crippen molar-refractivity contribution < 1.29 is 0 Å². The van der Waals surface area contributed by atoms with Crippen LogP contribution >= 0.6 is 15.9 Å². The van der Waals surface area contributed by atoms with Crippen LogP contribution in [0.5, 0.6) is 0 Å². The molecule has 1 saturated carbocycles. The number of hydrogen-bond acceptors (Lipinski definition) is 3. The number of hydrogen-bond donors (Lipinski definition) is 1. The fourth-order valence-corrected chi connectivity index (χ4v) is 2.90. The van der Waals surface area contributed by atoms with E-state index in [9.17, 15) is 0 Å². The van der Waals surface area contributed by atoms with E-state index < -0.39 is 0 Å². The van der Waals surface area contributed by atoms with Crippen LogP contribution in [-0.4, -0.2) is 9.97 Å². The first-order valence-electron chi connectivity index (χ1n) is 6.49. The molecule has 3 rings (SSSR count). The van der Waals surface area contributed by atoms with Crippen LogP contribution in [0.4, 0.5) is 5.82 Å². The third kappa shape index (κ3) is 1.94. The average Bonchev–Trinajstić information content (AvgIpc) is 2.36. The molecule has 1 aromatic carbocycles. The Kier molecular flexibility index (Phi) is 3.05. The molecule has 0 unspecified atom stereocenters. The summed E-state index contributed by atoms with van der Waals surface area (Å²) in [6.45, 7) is 1.96. The minimum absolute atomic E-state index is 0.0408. The van der Waals surface area contributed by atoms with Gasteiger partial charge in [0.15, 0.2) is 0 Å². The Morgan fingerprint density at radius 3 is 2.37 bits per heavy atom. The fourth-order valence-electron chi connectivity index (χ4n) is 2.72. The van der Waals surface area contributed by atoms with Crippen LogP contribution in [0.3, 0.4) is 0 Å². The SMILES string of the molecule is Cc1nc(C2(c3ccccc3)CCC2)nc(N)c1Br. The first-order valence-corrected chi connectivity index (χ1v) is 7.28. The Morgan fingerprint density at radius 1 is 1.16 bits per heavy atom. The number of nitrogens with two attached hydrogens (primary N) is 1. The van der Waals surface area contributed by atoms with E-state index in [0.29, 0.717) is 5.82 Å². The molecule has 0 bridgehead atoms. The van der Waals surface area contributed by atoms with Crippen molar-refractivity contribution in [3.63, 3.8) is 0 Å². The number of benzene rings is 1. The van der Waals surface area contributed by atoms with Gasteiger partial charge in [-0.05, 0) is 41.3 Å². The Balaban J connectivity index is 2.13. The number of nitrogens with zero attached hydrogens (tertiary/aromatic N) is 2. The summed E-state index contributed by atoms with van der Waals surface area (Å²) in [6, 6.07) is 10.5. The van der Waals surface area contributed by atoms with E-state index in [2.05, 4.69) is 50.2 Å². The zero-order chi connectivity index (χ0) is 13.5. The lowest BCUT2D eigenvalue weighted by atomic mass is 9.64. The quantitative estimate of drug-likeness (QED) is 0.920. The molecule has 1 fully saturated rings. The Hall–Kier alpha value is -1.42. The zero-order valence-electron chi connectivity index (χ0n) is 10.9. The van der Waals surface area contributed by atoms with Crippen molar-refractivity contribution in [2.45, 2.75) is 31.6 Å². The summed E-state index contributed by atoms with van der Waals surface area (Å²) in [5.74, 6) is 1.40. The highest BCUT2D eigenvalue weighted by atomic mass is 79.9. The Bertz CT molecular complexity index is 583. The molecule has 0 amide bonds. The first kappa shape index (κ1) is 12.6. The van der Waals surface area contributed by atoms with E-state index >= 15 is 0 Å². The molecule has 1 aliphatic rings. The molecule has 2 aromatic rings. The van der Waals surface area contributed by atoms with Gasteiger partial charge in [-0.15, -0.1) is 0 Å². The van der Waals surface area contributed by atoms with Gasteiger partial charge in [-0.1, -0.05) is 36.8 Å². The molecule has 0 spiro atoms. The number of nitrogen functional groups attached to an aromatic ring is 1. The van der Waals surface area contributed by atoms with E-state index in [1.165, 1.54) is 12.0 Å². The molecule has 1 aliphatic carbocycles. The summed E-state index contributed by atoms with van der Waals surface area (Å²) >= 11 is 3.43. The summed E-state index contributed by atoms with van der Waals surface area (Å²) in [6.07, 6.45) is 3.41. The van der Waals surface area contributed by atoms with Crippen molar-refractivity contribution >= 4 is 21.7 Å². The highest BCUT2D eigenvalue weighted by molar-refractivity contribution is 9.10. The van der Waals surface area contributed by atoms with Crippen LogP contribution in [0.15, 0.2) is 34.8 Å². The summed E-state index contributed by atoms with van der Waals surface area (Å²) in [4.78, 5) is 9.19. The molecule has 4 heteroatoms. The van der Waals surface area contributed by atoms with E-state index in [1.807, 2.05) is 13.0 Å². The highest BCUT2D eigenvalue weighted by Crippen LogP contribution is 2.48. The molecule has 0 radical (unpaired) electrons. The standard InChI is InChI=1S/C15H16BrN3/c1-10-12(16)13(17)19-14(18-10)15(8-5-9-15)11-6-3-2-4-7-11/h2-4,6-7H,5,8-9H2,1H3,(H2,17,18,19). The topological polar surface area (TPSA) is 51.8 Å². The van der Waals surface area contributed by atoms with Gasteiger partial charge in [-0.25, -0.2) is 9.97 Å². The van der Waals surface area contributed by atoms with Crippen molar-refractivity contribution in [2.24, 2.45) is 0 Å². The van der Waals surface area contributed by atoms with Crippen LogP contribution in [0, 0.1) is 6.92 Å². The number of rotatable bonds is 2. The van der Waals surface area contributed by atoms with Crippen molar-refractivity contribution in [2.75, 3.05) is 5.73 Å². The van der Waals surface area contributed by atoms with Gasteiger partial charge in [0.05, 0.1) is 15.6 Å². The smallest absolute Gasteiger partial charge is 0.141 e. The lowest BCUT2D eigenvalue weighted by Crippen LogP contribution is -2.37. The van der Waals surface area contributed by atoms with Crippen molar-refractivity contribution in [3.05, 3.63) is 51.9 Å². The van der Waals surface area contributed by atoms with Crippen LogP contribution in [0.2, 0.25) is 0 Å². The maximum absolute atomic E-state index is 5.98. The molecule has 0 saturated heterocycles. The minimum atomic E-state index is -0.0408. The van der Waals surface area contributed by atoms with Crippen LogP contribution < -0.4 is 5.73 Å². The first-order chi connectivity index (χ1) is 9.13. The zero-order valence-corrected chi connectivity index (χ0v) is 12.4. The normalized spacial score (nSPS) is 16.9. The Morgan fingerprint density at radius 2 is 1.84 bits per heavy atom. The summed E-state index contributed by atoms with van der Waals surface area (Å²) in [7, 11) is 0. The van der Waals surface area contributed by atoms with Gasteiger partial charge in [-0.2, -0.15) is 0 Å². The molecule has 3 nitrogen and oxygen atoms in total. The number of aromatic nitrogens is 2. The second-order valence-electron chi connectivity index (χ2n) is 5.13. The van der Waals surface area contributed by atoms with Gasteiger partial charge in [0, 0.05) is 0 Å². The van der Waals surface area contributed by atoms with Crippen molar-refractivity contribution in [3.8, 4) is 0 Å². The van der Waals surface area contributed by atoms with E-state index in [4.69, 9.17) is 5.73 Å². The average molecular weight is 318 g/mol. The molecule has 1 heterocycles. The van der Waals surface area contributed by atoms with Gasteiger partial charge in [0.25, 0.3) is 0 Å². The van der Waals surface area contributed by atoms with Crippen LogP contribution in [-0.2, 0) is 5.41 Å². The van der Waals surface area contributed by atoms with Crippen LogP contribution in [0.1, 0.15) is 36.3 Å². The summed E-state index contributed by atoms with van der Waals surface area (Å²) in [5, 5.41) is 0. The predicted octanol–water partition coefficient (Wildman–Crippen LogP) is 3.60. The summed E-state index contributed by atoms with van der Waals surface area (Å²) < 4.78 is 0.804. The molecule has 1 aromatic heterocycles. The lowest BCUT2D eigenvalue weighted by molar-refractivity contribution is 0.285. The predicted molar refractivity (Wildman–Crippen MR) is 80.0 cm³/mol. The number of halogens is 1. The molecule has 98 valence electrons. The van der Waals surface area contributed by atoms with E-state index in [1.54, 1.807) is 0 Å². The van der Waals surface area contributed by atoms with E-state index in [0.717, 1.165) is 28.8 Å². The maximum Gasteiger partial charge on any atom is 0.141 e. The molecule has 2 N–H and O–H groups in total. The second kappa shape index (κ2) is 4.60. The maximum atomic E-state index is 5.98. The fraction of sp³-hybridized carbons (Fsp3) is 0.333. The molecular formula is C15H16BrN3. The third-order valence-corrected chi connectivity index (χ3v) is 4.98. The molecular weight excluding hydrogens is 302 g/mol. The summed E-state index contributed by atoms with van der Waals surface area (Å²) in [5.41, 5.74) is 8.14. The largest absolute Gasteiger partial charge is 0.383 e. The van der Waals surface area contributed by atoms with E-state index in [-0.39, 0.29) is 5.41 Å². The number of anilines is 1. The minimum Gasteiger partial charge on any atom is -0.383 e. The van der Waals surface area contributed by atoms with Crippen molar-refractivity contribution in [1.29, 1.82) is 0 Å². The van der Waals surface area contributed by atoms with Gasteiger partial charge in [0.1, 0.15) is 11.6 Å². The highest BCUT2D eigenvalue weighted by Gasteiger charge is 2.43. The number of aryl methyl sites for hydroxylation is 1. The van der Waals surface area contributed by atoms with Crippen molar-refractivity contribution in [1.82, 2.24) is 9.97 Å². The monoisotopic (exact) mass is 317 g/mol. The van der Waals surface area contributed by atoms with Gasteiger partial charge >= 0.3 is 0 Å². The lowest BCUT2D eigenvalue weighted by Gasteiger charge is -2.41. The van der Waals surface area contributed by atoms with Gasteiger partial charge < -0.3 is 5.73 Å². The third-order valence-electron chi connectivity index (χ3n) is 4.00. The van der Waals surface area contributed by atoms with Gasteiger partial charge in [0.2, 0.25) is 0 Å². The van der Waals surface area contributed by atoms with Gasteiger partial charge in [-0.3, -0.25) is 0 Å².